The zero-order chi connectivity index (χ0) is 11.5. The van der Waals surface area contributed by atoms with Crippen molar-refractivity contribution in [3.05, 3.63) is 25.3 Å². The van der Waals surface area contributed by atoms with Crippen LogP contribution in [0.15, 0.2) is 30.3 Å². The highest BCUT2D eigenvalue weighted by molar-refractivity contribution is 5.82. The highest BCUT2D eigenvalue weighted by atomic mass is 15.0. The van der Waals surface area contributed by atoms with Crippen LogP contribution >= 0.6 is 0 Å². The molecule has 0 aromatic rings. The molecule has 0 amide bonds. The standard InChI is InChI=1S/C12H23N3/c1-5-8-13-10-7-12(14-9-6-2)15-11(3)4/h5-6,11,13H,1-2,7-10H2,3-4H3,(H,14,15). The summed E-state index contributed by atoms with van der Waals surface area (Å²) in [6, 6.07) is 0.424. The average Bonchev–Trinajstić information content (AvgIpc) is 2.19. The van der Waals surface area contributed by atoms with E-state index in [2.05, 4.69) is 42.6 Å². The summed E-state index contributed by atoms with van der Waals surface area (Å²) < 4.78 is 0. The van der Waals surface area contributed by atoms with Gasteiger partial charge in [0.05, 0.1) is 12.4 Å². The molecule has 0 atom stereocenters. The van der Waals surface area contributed by atoms with Gasteiger partial charge in [-0.3, -0.25) is 4.99 Å². The van der Waals surface area contributed by atoms with Crippen LogP contribution in [0.5, 0.6) is 0 Å². The van der Waals surface area contributed by atoms with Crippen molar-refractivity contribution in [2.75, 3.05) is 19.6 Å². The lowest BCUT2D eigenvalue weighted by atomic mass is 10.3. The Kier molecular flexibility index (Phi) is 8.78. The van der Waals surface area contributed by atoms with Crippen LogP contribution in [-0.4, -0.2) is 31.5 Å². The highest BCUT2D eigenvalue weighted by Crippen LogP contribution is 1.87. The van der Waals surface area contributed by atoms with Gasteiger partial charge in [-0.1, -0.05) is 12.2 Å². The minimum atomic E-state index is 0.424. The Morgan fingerprint density at radius 2 is 2.07 bits per heavy atom. The predicted molar refractivity (Wildman–Crippen MR) is 68.5 cm³/mol. The topological polar surface area (TPSA) is 36.4 Å². The van der Waals surface area contributed by atoms with Gasteiger partial charge in [0, 0.05) is 25.6 Å². The molecule has 0 spiro atoms. The second kappa shape index (κ2) is 9.46. The van der Waals surface area contributed by atoms with Crippen molar-refractivity contribution >= 4 is 5.84 Å². The van der Waals surface area contributed by atoms with Crippen LogP contribution in [0.25, 0.3) is 0 Å². The molecule has 3 heteroatoms. The van der Waals surface area contributed by atoms with Crippen molar-refractivity contribution in [2.24, 2.45) is 4.99 Å². The van der Waals surface area contributed by atoms with E-state index in [1.54, 1.807) is 6.08 Å². The Bertz CT molecular complexity index is 207. The summed E-state index contributed by atoms with van der Waals surface area (Å²) in [5.74, 6) is 1.04. The normalized spacial score (nSPS) is 11.5. The van der Waals surface area contributed by atoms with Gasteiger partial charge >= 0.3 is 0 Å². The van der Waals surface area contributed by atoms with Gasteiger partial charge in [-0.15, -0.1) is 13.2 Å². The van der Waals surface area contributed by atoms with E-state index < -0.39 is 0 Å². The van der Waals surface area contributed by atoms with E-state index in [0.29, 0.717) is 12.6 Å². The summed E-state index contributed by atoms with van der Waals surface area (Å²) in [7, 11) is 0. The molecule has 0 radical (unpaired) electrons. The molecule has 0 aromatic carbocycles. The van der Waals surface area contributed by atoms with Gasteiger partial charge in [-0.25, -0.2) is 0 Å². The van der Waals surface area contributed by atoms with Crippen molar-refractivity contribution in [1.82, 2.24) is 10.6 Å². The molecular weight excluding hydrogens is 186 g/mol. The van der Waals surface area contributed by atoms with Crippen molar-refractivity contribution in [1.29, 1.82) is 0 Å². The number of hydrogen-bond donors (Lipinski definition) is 2. The fourth-order valence-corrected chi connectivity index (χ4v) is 1.12. The molecule has 0 aliphatic heterocycles. The quantitative estimate of drug-likeness (QED) is 0.276. The van der Waals surface area contributed by atoms with Gasteiger partial charge in [-0.05, 0) is 13.8 Å². The van der Waals surface area contributed by atoms with Gasteiger partial charge in [0.25, 0.3) is 0 Å². The third kappa shape index (κ3) is 9.22. The average molecular weight is 209 g/mol. The lowest BCUT2D eigenvalue weighted by molar-refractivity contribution is 0.697. The SMILES string of the molecule is C=CC/N=C(/CCNCC=C)NC(C)C. The van der Waals surface area contributed by atoms with Crippen molar-refractivity contribution in [3.8, 4) is 0 Å². The van der Waals surface area contributed by atoms with E-state index in [0.717, 1.165) is 25.3 Å². The van der Waals surface area contributed by atoms with E-state index in [1.165, 1.54) is 0 Å². The monoisotopic (exact) mass is 209 g/mol. The summed E-state index contributed by atoms with van der Waals surface area (Å²) in [6.45, 7) is 14.0. The smallest absolute Gasteiger partial charge is 0.0981 e. The Balaban J connectivity index is 3.89. The van der Waals surface area contributed by atoms with Crippen LogP contribution < -0.4 is 10.6 Å². The number of nitrogens with zero attached hydrogens (tertiary/aromatic N) is 1. The molecule has 0 saturated carbocycles. The summed E-state index contributed by atoms with van der Waals surface area (Å²) in [5.41, 5.74) is 0. The Labute approximate surface area is 93.4 Å². The van der Waals surface area contributed by atoms with Crippen LogP contribution in [0.2, 0.25) is 0 Å². The minimum Gasteiger partial charge on any atom is -0.372 e. The number of rotatable bonds is 8. The van der Waals surface area contributed by atoms with Crippen LogP contribution in [-0.2, 0) is 0 Å². The molecule has 0 aromatic heterocycles. The number of aliphatic imine (C=N–C) groups is 1. The van der Waals surface area contributed by atoms with Gasteiger partial charge in [0.2, 0.25) is 0 Å². The van der Waals surface area contributed by atoms with Gasteiger partial charge in [0.1, 0.15) is 0 Å². The third-order valence-corrected chi connectivity index (χ3v) is 1.69. The number of nitrogens with one attached hydrogen (secondary N) is 2. The van der Waals surface area contributed by atoms with Gasteiger partial charge < -0.3 is 10.6 Å². The number of hydrogen-bond acceptors (Lipinski definition) is 2. The zero-order valence-electron chi connectivity index (χ0n) is 9.92. The molecule has 0 aliphatic rings. The van der Waals surface area contributed by atoms with Crippen LogP contribution in [0.3, 0.4) is 0 Å². The summed E-state index contributed by atoms with van der Waals surface area (Å²) in [4.78, 5) is 4.40. The maximum atomic E-state index is 4.40. The number of amidine groups is 1. The zero-order valence-corrected chi connectivity index (χ0v) is 9.92. The molecule has 2 N–H and O–H groups in total. The van der Waals surface area contributed by atoms with Crippen molar-refractivity contribution < 1.29 is 0 Å². The Morgan fingerprint density at radius 1 is 1.33 bits per heavy atom. The maximum absolute atomic E-state index is 4.40. The summed E-state index contributed by atoms with van der Waals surface area (Å²) in [6.07, 6.45) is 4.58. The van der Waals surface area contributed by atoms with Crippen molar-refractivity contribution in [2.45, 2.75) is 26.3 Å². The first kappa shape index (κ1) is 13.9. The van der Waals surface area contributed by atoms with Crippen LogP contribution in [0.1, 0.15) is 20.3 Å². The second-order valence-corrected chi connectivity index (χ2v) is 3.62. The molecule has 86 valence electrons. The molecule has 0 bridgehead atoms. The molecule has 0 fully saturated rings. The molecule has 0 aliphatic carbocycles. The van der Waals surface area contributed by atoms with E-state index in [1.807, 2.05) is 6.08 Å². The summed E-state index contributed by atoms with van der Waals surface area (Å²) in [5, 5.41) is 6.58. The minimum absolute atomic E-state index is 0.424. The van der Waals surface area contributed by atoms with E-state index in [-0.39, 0.29) is 0 Å². The first-order valence-corrected chi connectivity index (χ1v) is 5.43. The van der Waals surface area contributed by atoms with Crippen molar-refractivity contribution in [3.63, 3.8) is 0 Å². The largest absolute Gasteiger partial charge is 0.372 e. The first-order chi connectivity index (χ1) is 7.20. The fraction of sp³-hybridized carbons (Fsp3) is 0.583. The maximum Gasteiger partial charge on any atom is 0.0981 e. The van der Waals surface area contributed by atoms with E-state index >= 15 is 0 Å². The molecular formula is C12H23N3. The van der Waals surface area contributed by atoms with E-state index in [4.69, 9.17) is 0 Å². The Hall–Kier alpha value is -1.09. The first-order valence-electron chi connectivity index (χ1n) is 5.43. The van der Waals surface area contributed by atoms with Gasteiger partial charge in [-0.2, -0.15) is 0 Å². The molecule has 0 heterocycles. The molecule has 0 unspecified atom stereocenters. The lowest BCUT2D eigenvalue weighted by Gasteiger charge is -2.13. The third-order valence-electron chi connectivity index (χ3n) is 1.69. The highest BCUT2D eigenvalue weighted by Gasteiger charge is 1.99. The predicted octanol–water partition coefficient (Wildman–Crippen LogP) is 1.73. The molecule has 0 rings (SSSR count). The van der Waals surface area contributed by atoms with Crippen LogP contribution in [0, 0.1) is 0 Å². The summed E-state index contributed by atoms with van der Waals surface area (Å²) >= 11 is 0. The van der Waals surface area contributed by atoms with E-state index in [9.17, 15) is 0 Å². The van der Waals surface area contributed by atoms with Gasteiger partial charge in [0.15, 0.2) is 0 Å². The fourth-order valence-electron chi connectivity index (χ4n) is 1.12. The van der Waals surface area contributed by atoms with Crippen LogP contribution in [0.4, 0.5) is 0 Å². The second-order valence-electron chi connectivity index (χ2n) is 3.62. The molecule has 3 nitrogen and oxygen atoms in total. The Morgan fingerprint density at radius 3 is 2.60 bits per heavy atom. The molecule has 0 saturated heterocycles. The lowest BCUT2D eigenvalue weighted by Crippen LogP contribution is -2.33. The molecule has 15 heavy (non-hydrogen) atoms.